The molecule has 2 nitrogen and oxygen atoms in total. The lowest BCUT2D eigenvalue weighted by Gasteiger charge is -2.18. The van der Waals surface area contributed by atoms with Crippen LogP contribution in [0.3, 0.4) is 0 Å². The van der Waals surface area contributed by atoms with Gasteiger partial charge in [0.05, 0.1) is 12.7 Å². The fourth-order valence-corrected chi connectivity index (χ4v) is 1.09. The fraction of sp³-hybridized carbons (Fsp3) is 1.00. The van der Waals surface area contributed by atoms with Crippen LogP contribution in [0.5, 0.6) is 0 Å². The van der Waals surface area contributed by atoms with Crippen LogP contribution in [0.25, 0.3) is 0 Å². The summed E-state index contributed by atoms with van der Waals surface area (Å²) in [5.41, 5.74) is 0. The number of ether oxygens (including phenoxy) is 1. The highest BCUT2D eigenvalue weighted by Crippen LogP contribution is 2.23. The Hall–Kier alpha value is -0.360. The molecule has 0 aliphatic heterocycles. The van der Waals surface area contributed by atoms with Crippen LogP contribution in [0.1, 0.15) is 26.7 Å². The van der Waals surface area contributed by atoms with Gasteiger partial charge in [0.15, 0.2) is 0 Å². The maximum atomic E-state index is 12.4. The van der Waals surface area contributed by atoms with Crippen molar-refractivity contribution in [1.82, 2.24) is 0 Å². The van der Waals surface area contributed by atoms with Gasteiger partial charge in [0, 0.05) is 0 Å². The normalized spacial score (nSPS) is 16.5. The molecular weight excluding hydrogens is 228 g/mol. The number of rotatable bonds is 8. The smallest absolute Gasteiger partial charge is 0.330 e. The first-order valence-corrected chi connectivity index (χ1v) is 5.21. The first kappa shape index (κ1) is 15.6. The molecule has 0 aromatic heterocycles. The number of halogens is 4. The zero-order valence-electron chi connectivity index (χ0n) is 9.43. The van der Waals surface area contributed by atoms with Crippen LogP contribution >= 0.6 is 0 Å². The maximum Gasteiger partial charge on any atom is 0.330 e. The lowest BCUT2D eigenvalue weighted by Crippen LogP contribution is -2.34. The third-order valence-corrected chi connectivity index (χ3v) is 2.30. The molecule has 0 aromatic rings. The highest BCUT2D eigenvalue weighted by atomic mass is 19.3. The molecule has 0 aromatic carbocycles. The second-order valence-corrected chi connectivity index (χ2v) is 3.98. The van der Waals surface area contributed by atoms with Gasteiger partial charge in [-0.2, -0.15) is 8.78 Å². The fourth-order valence-electron chi connectivity index (χ4n) is 1.09. The minimum Gasteiger partial charge on any atom is -0.391 e. The van der Waals surface area contributed by atoms with Crippen molar-refractivity contribution in [3.63, 3.8) is 0 Å². The van der Waals surface area contributed by atoms with Gasteiger partial charge in [0.2, 0.25) is 0 Å². The molecule has 0 heterocycles. The molecule has 16 heavy (non-hydrogen) atoms. The average molecular weight is 246 g/mol. The van der Waals surface area contributed by atoms with Gasteiger partial charge in [-0.1, -0.05) is 20.3 Å². The van der Waals surface area contributed by atoms with Gasteiger partial charge in [0.1, 0.15) is 6.61 Å². The molecule has 1 N–H and O–H groups in total. The molecule has 0 rings (SSSR count). The van der Waals surface area contributed by atoms with Crippen LogP contribution in [0, 0.1) is 5.92 Å². The molecule has 2 unspecified atom stereocenters. The van der Waals surface area contributed by atoms with E-state index in [0.717, 1.165) is 6.42 Å². The van der Waals surface area contributed by atoms with Crippen LogP contribution in [0.2, 0.25) is 0 Å². The van der Waals surface area contributed by atoms with Crippen LogP contribution in [-0.4, -0.2) is 36.8 Å². The predicted octanol–water partition coefficient (Wildman–Crippen LogP) is 2.70. The Labute approximate surface area is 92.6 Å². The van der Waals surface area contributed by atoms with Crippen molar-refractivity contribution in [2.45, 2.75) is 45.1 Å². The number of aliphatic hydroxyl groups is 1. The maximum absolute atomic E-state index is 12.4. The average Bonchev–Trinajstić information content (AvgIpc) is 2.16. The number of aliphatic hydroxyl groups excluding tert-OH is 1. The van der Waals surface area contributed by atoms with Crippen molar-refractivity contribution >= 4 is 0 Å². The second-order valence-electron chi connectivity index (χ2n) is 3.98. The molecule has 0 saturated carbocycles. The standard InChI is InChI=1S/C10H18F4O2/c1-3-7(2)4-8(15)5-16-6-10(13,14)9(11)12/h7-9,15H,3-6H2,1-2H3. The van der Waals surface area contributed by atoms with E-state index in [1.807, 2.05) is 13.8 Å². The topological polar surface area (TPSA) is 29.5 Å². The summed E-state index contributed by atoms with van der Waals surface area (Å²) in [5, 5.41) is 9.33. The molecular formula is C10H18F4O2. The molecule has 0 aliphatic rings. The van der Waals surface area contributed by atoms with Gasteiger partial charge in [-0.15, -0.1) is 0 Å². The number of hydrogen-bond donors (Lipinski definition) is 1. The van der Waals surface area contributed by atoms with Crippen molar-refractivity contribution in [2.75, 3.05) is 13.2 Å². The van der Waals surface area contributed by atoms with Gasteiger partial charge in [-0.25, -0.2) is 8.78 Å². The van der Waals surface area contributed by atoms with Crippen molar-refractivity contribution in [3.8, 4) is 0 Å². The Morgan fingerprint density at radius 1 is 1.31 bits per heavy atom. The van der Waals surface area contributed by atoms with E-state index in [-0.39, 0.29) is 12.5 Å². The minimum atomic E-state index is -4.14. The van der Waals surface area contributed by atoms with Crippen molar-refractivity contribution in [1.29, 1.82) is 0 Å². The van der Waals surface area contributed by atoms with Crippen molar-refractivity contribution < 1.29 is 27.4 Å². The summed E-state index contributed by atoms with van der Waals surface area (Å²) in [6.45, 7) is 2.13. The summed E-state index contributed by atoms with van der Waals surface area (Å²) in [5.74, 6) is -3.90. The largest absolute Gasteiger partial charge is 0.391 e. The Morgan fingerprint density at radius 2 is 1.88 bits per heavy atom. The summed E-state index contributed by atoms with van der Waals surface area (Å²) < 4.78 is 52.5. The van der Waals surface area contributed by atoms with E-state index in [0.29, 0.717) is 6.42 Å². The molecule has 0 radical (unpaired) electrons. The molecule has 0 bridgehead atoms. The van der Waals surface area contributed by atoms with Crippen molar-refractivity contribution in [2.24, 2.45) is 5.92 Å². The van der Waals surface area contributed by atoms with Gasteiger partial charge in [0.25, 0.3) is 0 Å². The zero-order valence-corrected chi connectivity index (χ0v) is 9.43. The van der Waals surface area contributed by atoms with E-state index >= 15 is 0 Å². The van der Waals surface area contributed by atoms with E-state index < -0.39 is 25.1 Å². The van der Waals surface area contributed by atoms with Crippen LogP contribution in [0.4, 0.5) is 17.6 Å². The van der Waals surface area contributed by atoms with E-state index in [1.165, 1.54) is 0 Å². The van der Waals surface area contributed by atoms with E-state index in [4.69, 9.17) is 0 Å². The van der Waals surface area contributed by atoms with E-state index in [1.54, 1.807) is 0 Å². The number of alkyl halides is 4. The van der Waals surface area contributed by atoms with Gasteiger partial charge in [-0.05, 0) is 12.3 Å². The zero-order chi connectivity index (χ0) is 12.8. The molecule has 6 heteroatoms. The van der Waals surface area contributed by atoms with Crippen LogP contribution in [0.15, 0.2) is 0 Å². The summed E-state index contributed by atoms with van der Waals surface area (Å²) in [4.78, 5) is 0. The van der Waals surface area contributed by atoms with Gasteiger partial charge < -0.3 is 9.84 Å². The monoisotopic (exact) mass is 246 g/mol. The molecule has 2 atom stereocenters. The summed E-state index contributed by atoms with van der Waals surface area (Å²) in [6.07, 6.45) is -3.36. The Kier molecular flexibility index (Phi) is 6.90. The molecule has 0 saturated heterocycles. The predicted molar refractivity (Wildman–Crippen MR) is 51.8 cm³/mol. The SMILES string of the molecule is CCC(C)CC(O)COCC(F)(F)C(F)F. The van der Waals surface area contributed by atoms with Crippen LogP contribution in [-0.2, 0) is 4.74 Å². The molecule has 98 valence electrons. The highest BCUT2D eigenvalue weighted by Gasteiger charge is 2.41. The Balaban J connectivity index is 3.73. The summed E-state index contributed by atoms with van der Waals surface area (Å²) in [7, 11) is 0. The lowest BCUT2D eigenvalue weighted by molar-refractivity contribution is -0.171. The van der Waals surface area contributed by atoms with E-state index in [2.05, 4.69) is 4.74 Å². The minimum absolute atomic E-state index is 0.245. The van der Waals surface area contributed by atoms with Gasteiger partial charge >= 0.3 is 12.3 Å². The van der Waals surface area contributed by atoms with E-state index in [9.17, 15) is 22.7 Å². The molecule has 0 spiro atoms. The Morgan fingerprint density at radius 3 is 2.31 bits per heavy atom. The molecule has 0 amide bonds. The highest BCUT2D eigenvalue weighted by molar-refractivity contribution is 4.68. The third kappa shape index (κ3) is 6.27. The third-order valence-electron chi connectivity index (χ3n) is 2.30. The number of hydrogen-bond acceptors (Lipinski definition) is 2. The first-order chi connectivity index (χ1) is 7.29. The lowest BCUT2D eigenvalue weighted by atomic mass is 10.0. The summed E-state index contributed by atoms with van der Waals surface area (Å²) in [6, 6.07) is 0. The Bertz CT molecular complexity index is 188. The van der Waals surface area contributed by atoms with Crippen LogP contribution < -0.4 is 0 Å². The van der Waals surface area contributed by atoms with Gasteiger partial charge in [-0.3, -0.25) is 0 Å². The molecule has 0 aliphatic carbocycles. The first-order valence-electron chi connectivity index (χ1n) is 5.21. The quantitative estimate of drug-likeness (QED) is 0.667. The summed E-state index contributed by atoms with van der Waals surface area (Å²) >= 11 is 0. The van der Waals surface area contributed by atoms with Crippen molar-refractivity contribution in [3.05, 3.63) is 0 Å². The molecule has 0 fully saturated rings. The second kappa shape index (κ2) is 7.06.